The van der Waals surface area contributed by atoms with E-state index in [1.165, 1.54) is 10.5 Å². The lowest BCUT2D eigenvalue weighted by atomic mass is 10.1. The first-order valence-electron chi connectivity index (χ1n) is 4.82. The Morgan fingerprint density at radius 3 is 2.60 bits per heavy atom. The fourth-order valence-electron chi connectivity index (χ4n) is 1.30. The lowest BCUT2D eigenvalue weighted by molar-refractivity contribution is 0.0812. The minimum atomic E-state index is -0.0314. The number of carbonyl (C=O) groups is 1. The van der Waals surface area contributed by atoms with E-state index in [9.17, 15) is 4.79 Å². The SMILES string of the molecule is C#CCN(C)C(=O)c1ccc(C)c(C)c1. The van der Waals surface area contributed by atoms with Crippen LogP contribution in [-0.2, 0) is 0 Å². The summed E-state index contributed by atoms with van der Waals surface area (Å²) in [5.74, 6) is 2.42. The van der Waals surface area contributed by atoms with Crippen molar-refractivity contribution in [3.63, 3.8) is 0 Å². The molecule has 0 unspecified atom stereocenters. The Labute approximate surface area is 90.9 Å². The Morgan fingerprint density at radius 2 is 2.07 bits per heavy atom. The van der Waals surface area contributed by atoms with Crippen molar-refractivity contribution in [1.29, 1.82) is 0 Å². The van der Waals surface area contributed by atoms with Crippen molar-refractivity contribution >= 4 is 5.91 Å². The third-order valence-electron chi connectivity index (χ3n) is 2.43. The second kappa shape index (κ2) is 4.65. The molecule has 0 atom stereocenters. The highest BCUT2D eigenvalue weighted by Crippen LogP contribution is 2.11. The maximum atomic E-state index is 11.8. The van der Waals surface area contributed by atoms with Gasteiger partial charge in [-0.3, -0.25) is 4.79 Å². The van der Waals surface area contributed by atoms with Crippen molar-refractivity contribution < 1.29 is 4.79 Å². The Morgan fingerprint density at radius 1 is 1.40 bits per heavy atom. The molecule has 0 radical (unpaired) electrons. The van der Waals surface area contributed by atoms with Gasteiger partial charge in [0, 0.05) is 12.6 Å². The first-order valence-corrected chi connectivity index (χ1v) is 4.82. The highest BCUT2D eigenvalue weighted by molar-refractivity contribution is 5.94. The largest absolute Gasteiger partial charge is 0.331 e. The third kappa shape index (κ3) is 2.60. The number of hydrogen-bond donors (Lipinski definition) is 0. The number of rotatable bonds is 2. The van der Waals surface area contributed by atoms with E-state index in [2.05, 4.69) is 5.92 Å². The fourth-order valence-corrected chi connectivity index (χ4v) is 1.30. The van der Waals surface area contributed by atoms with E-state index in [0.717, 1.165) is 5.56 Å². The van der Waals surface area contributed by atoms with Crippen molar-refractivity contribution in [2.24, 2.45) is 0 Å². The lowest BCUT2D eigenvalue weighted by Gasteiger charge is -2.14. The van der Waals surface area contributed by atoms with Gasteiger partial charge in [0.05, 0.1) is 6.54 Å². The Kier molecular flexibility index (Phi) is 3.51. The molecule has 2 heteroatoms. The number of carbonyl (C=O) groups excluding carboxylic acids is 1. The van der Waals surface area contributed by atoms with E-state index < -0.39 is 0 Å². The van der Waals surface area contributed by atoms with Gasteiger partial charge in [0.25, 0.3) is 5.91 Å². The quantitative estimate of drug-likeness (QED) is 0.670. The number of benzene rings is 1. The molecule has 0 N–H and O–H groups in total. The van der Waals surface area contributed by atoms with E-state index in [4.69, 9.17) is 6.42 Å². The summed E-state index contributed by atoms with van der Waals surface area (Å²) in [5.41, 5.74) is 3.00. The molecule has 78 valence electrons. The van der Waals surface area contributed by atoms with Gasteiger partial charge in [-0.05, 0) is 37.1 Å². The number of amides is 1. The van der Waals surface area contributed by atoms with Gasteiger partial charge >= 0.3 is 0 Å². The summed E-state index contributed by atoms with van der Waals surface area (Å²) in [6.07, 6.45) is 5.16. The monoisotopic (exact) mass is 201 g/mol. The van der Waals surface area contributed by atoms with Gasteiger partial charge in [-0.2, -0.15) is 0 Å². The highest BCUT2D eigenvalue weighted by atomic mass is 16.2. The van der Waals surface area contributed by atoms with Gasteiger partial charge < -0.3 is 4.90 Å². The molecule has 0 aliphatic carbocycles. The maximum Gasteiger partial charge on any atom is 0.254 e. The molecule has 0 heterocycles. The van der Waals surface area contributed by atoms with Crippen LogP contribution in [0.15, 0.2) is 18.2 Å². The minimum Gasteiger partial charge on any atom is -0.331 e. The highest BCUT2D eigenvalue weighted by Gasteiger charge is 2.10. The molecule has 1 amide bonds. The first-order chi connectivity index (χ1) is 7.06. The number of aryl methyl sites for hydroxylation is 2. The smallest absolute Gasteiger partial charge is 0.254 e. The van der Waals surface area contributed by atoms with Crippen LogP contribution < -0.4 is 0 Å². The molecular weight excluding hydrogens is 186 g/mol. The van der Waals surface area contributed by atoms with Gasteiger partial charge in [-0.15, -0.1) is 6.42 Å². The molecule has 15 heavy (non-hydrogen) atoms. The third-order valence-corrected chi connectivity index (χ3v) is 2.43. The van der Waals surface area contributed by atoms with Crippen LogP contribution >= 0.6 is 0 Å². The molecule has 0 aliphatic rings. The summed E-state index contributed by atoms with van der Waals surface area (Å²) in [6, 6.07) is 5.68. The second-order valence-corrected chi connectivity index (χ2v) is 3.66. The predicted molar refractivity (Wildman–Crippen MR) is 61.7 cm³/mol. The fraction of sp³-hybridized carbons (Fsp3) is 0.308. The summed E-state index contributed by atoms with van der Waals surface area (Å²) in [7, 11) is 1.71. The van der Waals surface area contributed by atoms with Crippen molar-refractivity contribution in [2.75, 3.05) is 13.6 Å². The van der Waals surface area contributed by atoms with Crippen LogP contribution in [-0.4, -0.2) is 24.4 Å². The standard InChI is InChI=1S/C13H15NO/c1-5-8-14(4)13(15)12-7-6-10(2)11(3)9-12/h1,6-7,9H,8H2,2-4H3. The van der Waals surface area contributed by atoms with Crippen LogP contribution in [0.4, 0.5) is 0 Å². The molecule has 0 fully saturated rings. The Hall–Kier alpha value is -1.75. The summed E-state index contributed by atoms with van der Waals surface area (Å²) in [5, 5.41) is 0. The zero-order valence-corrected chi connectivity index (χ0v) is 9.37. The molecular formula is C13H15NO. The molecule has 1 aromatic rings. The van der Waals surface area contributed by atoms with Crippen LogP contribution in [0.2, 0.25) is 0 Å². The van der Waals surface area contributed by atoms with E-state index in [1.54, 1.807) is 7.05 Å². The summed E-state index contributed by atoms with van der Waals surface area (Å²) in [4.78, 5) is 13.4. The average Bonchev–Trinajstić information content (AvgIpc) is 2.21. The topological polar surface area (TPSA) is 20.3 Å². The molecule has 0 saturated heterocycles. The first kappa shape index (κ1) is 11.3. The predicted octanol–water partition coefficient (Wildman–Crippen LogP) is 2.01. The molecule has 0 bridgehead atoms. The van der Waals surface area contributed by atoms with Crippen LogP contribution in [0.1, 0.15) is 21.5 Å². The number of hydrogen-bond acceptors (Lipinski definition) is 1. The molecule has 0 aliphatic heterocycles. The summed E-state index contributed by atoms with van der Waals surface area (Å²) < 4.78 is 0. The molecule has 0 spiro atoms. The van der Waals surface area contributed by atoms with E-state index in [0.29, 0.717) is 12.1 Å². The minimum absolute atomic E-state index is 0.0314. The van der Waals surface area contributed by atoms with Gasteiger partial charge in [-0.25, -0.2) is 0 Å². The van der Waals surface area contributed by atoms with E-state index in [-0.39, 0.29) is 5.91 Å². The van der Waals surface area contributed by atoms with Gasteiger partial charge in [0.2, 0.25) is 0 Å². The summed E-state index contributed by atoms with van der Waals surface area (Å²) in [6.45, 7) is 4.35. The normalized spacial score (nSPS) is 9.47. The lowest BCUT2D eigenvalue weighted by Crippen LogP contribution is -2.26. The van der Waals surface area contributed by atoms with Gasteiger partial charge in [0.1, 0.15) is 0 Å². The van der Waals surface area contributed by atoms with Crippen molar-refractivity contribution in [1.82, 2.24) is 4.90 Å². The molecule has 0 aromatic heterocycles. The Bertz CT molecular complexity index is 415. The van der Waals surface area contributed by atoms with Crippen molar-refractivity contribution in [3.05, 3.63) is 34.9 Å². The molecule has 0 saturated carbocycles. The zero-order valence-electron chi connectivity index (χ0n) is 9.37. The van der Waals surface area contributed by atoms with Crippen LogP contribution in [0.3, 0.4) is 0 Å². The van der Waals surface area contributed by atoms with Crippen LogP contribution in [0.25, 0.3) is 0 Å². The van der Waals surface area contributed by atoms with Gasteiger partial charge in [-0.1, -0.05) is 12.0 Å². The number of nitrogens with zero attached hydrogens (tertiary/aromatic N) is 1. The molecule has 1 aromatic carbocycles. The van der Waals surface area contributed by atoms with Crippen molar-refractivity contribution in [2.45, 2.75) is 13.8 Å². The molecule has 1 rings (SSSR count). The second-order valence-electron chi connectivity index (χ2n) is 3.66. The molecule has 2 nitrogen and oxygen atoms in total. The zero-order chi connectivity index (χ0) is 11.4. The summed E-state index contributed by atoms with van der Waals surface area (Å²) >= 11 is 0. The van der Waals surface area contributed by atoms with Gasteiger partial charge in [0.15, 0.2) is 0 Å². The van der Waals surface area contributed by atoms with Crippen LogP contribution in [0, 0.1) is 26.2 Å². The van der Waals surface area contributed by atoms with Crippen molar-refractivity contribution in [3.8, 4) is 12.3 Å². The Balaban J connectivity index is 2.93. The van der Waals surface area contributed by atoms with Crippen LogP contribution in [0.5, 0.6) is 0 Å². The maximum absolute atomic E-state index is 11.8. The van der Waals surface area contributed by atoms with E-state index in [1.807, 2.05) is 32.0 Å². The number of terminal acetylenes is 1. The average molecular weight is 201 g/mol. The van der Waals surface area contributed by atoms with E-state index >= 15 is 0 Å².